The third-order valence-corrected chi connectivity index (χ3v) is 3.69. The monoisotopic (exact) mass is 278 g/mol. The van der Waals surface area contributed by atoms with E-state index in [1.54, 1.807) is 0 Å². The molecule has 1 aromatic rings. The van der Waals surface area contributed by atoms with Gasteiger partial charge in [0.25, 0.3) is 0 Å². The van der Waals surface area contributed by atoms with Crippen LogP contribution in [0.4, 0.5) is 5.69 Å². The summed E-state index contributed by atoms with van der Waals surface area (Å²) in [6, 6.07) is 3.73. The van der Waals surface area contributed by atoms with Gasteiger partial charge in [0.05, 0.1) is 16.8 Å². The molecule has 0 spiro atoms. The number of phenolic OH excluding ortho intramolecular Hbond substituents is 1. The lowest BCUT2D eigenvalue weighted by Gasteiger charge is -2.31. The smallest absolute Gasteiger partial charge is 0.335 e. The van der Waals surface area contributed by atoms with E-state index >= 15 is 0 Å². The van der Waals surface area contributed by atoms with Gasteiger partial charge in [-0.1, -0.05) is 19.3 Å². The molecule has 2 rings (SSSR count). The fourth-order valence-electron chi connectivity index (χ4n) is 2.43. The Morgan fingerprint density at radius 1 is 1.20 bits per heavy atom. The van der Waals surface area contributed by atoms with Crippen LogP contribution in [0.2, 0.25) is 0 Å². The Bertz CT molecular complexity index is 536. The molecule has 6 nitrogen and oxygen atoms in total. The molecule has 0 aromatic heterocycles. The average molecular weight is 278 g/mol. The number of benzene rings is 1. The molecule has 1 aliphatic rings. The van der Waals surface area contributed by atoms with Crippen molar-refractivity contribution in [1.29, 1.82) is 0 Å². The number of nitrogens with two attached hydrogens (primary N) is 1. The van der Waals surface area contributed by atoms with Gasteiger partial charge in [-0.05, 0) is 31.0 Å². The van der Waals surface area contributed by atoms with Crippen LogP contribution in [0.1, 0.15) is 42.5 Å². The number of aromatic hydroxyl groups is 1. The molecule has 0 unspecified atom stereocenters. The molecule has 6 heteroatoms. The summed E-state index contributed by atoms with van der Waals surface area (Å²) in [6.07, 6.45) is 4.04. The zero-order chi connectivity index (χ0) is 14.8. The molecule has 0 bridgehead atoms. The lowest BCUT2D eigenvalue weighted by atomic mass is 9.82. The predicted octanol–water partition coefficient (Wildman–Crippen LogP) is 1.69. The van der Waals surface area contributed by atoms with Gasteiger partial charge in [0, 0.05) is 0 Å². The molecular weight excluding hydrogens is 260 g/mol. The molecule has 0 heterocycles. The highest BCUT2D eigenvalue weighted by atomic mass is 16.4. The fraction of sp³-hybridized carbons (Fsp3) is 0.429. The number of amides is 1. The first-order chi connectivity index (χ1) is 9.42. The molecule has 20 heavy (non-hydrogen) atoms. The third kappa shape index (κ3) is 2.91. The topological polar surface area (TPSA) is 113 Å². The highest BCUT2D eigenvalue weighted by Gasteiger charge is 2.35. The fourth-order valence-corrected chi connectivity index (χ4v) is 2.43. The Morgan fingerprint density at radius 3 is 2.45 bits per heavy atom. The summed E-state index contributed by atoms with van der Waals surface area (Å²) in [6.45, 7) is 0. The van der Waals surface area contributed by atoms with Crippen molar-refractivity contribution in [2.75, 3.05) is 5.32 Å². The summed E-state index contributed by atoms with van der Waals surface area (Å²) in [5.74, 6) is -1.68. The van der Waals surface area contributed by atoms with Crippen LogP contribution in [0.25, 0.3) is 0 Å². The van der Waals surface area contributed by atoms with E-state index in [4.69, 9.17) is 10.8 Å². The Hall–Kier alpha value is -2.08. The number of carbonyl (C=O) groups excluding carboxylic acids is 1. The number of carboxylic acids is 1. The number of aromatic carboxylic acids is 1. The lowest BCUT2D eigenvalue weighted by Crippen LogP contribution is -2.52. The van der Waals surface area contributed by atoms with Gasteiger partial charge in [0.2, 0.25) is 5.91 Å². The largest absolute Gasteiger partial charge is 0.506 e. The van der Waals surface area contributed by atoms with E-state index in [0.717, 1.165) is 19.3 Å². The normalized spacial score (nSPS) is 17.4. The number of carbonyl (C=O) groups is 2. The van der Waals surface area contributed by atoms with E-state index in [0.29, 0.717) is 12.8 Å². The van der Waals surface area contributed by atoms with E-state index in [-0.39, 0.29) is 22.9 Å². The van der Waals surface area contributed by atoms with E-state index in [2.05, 4.69) is 5.32 Å². The van der Waals surface area contributed by atoms with Crippen molar-refractivity contribution >= 4 is 17.6 Å². The molecular formula is C14H18N2O4. The Kier molecular flexibility index (Phi) is 3.94. The SMILES string of the molecule is NC1(C(=O)Nc2cc(C(=O)O)ccc2O)CCCCC1. The van der Waals surface area contributed by atoms with E-state index in [9.17, 15) is 14.7 Å². The van der Waals surface area contributed by atoms with Crippen LogP contribution in [0, 0.1) is 0 Å². The Balaban J connectivity index is 2.18. The zero-order valence-corrected chi connectivity index (χ0v) is 11.1. The Morgan fingerprint density at radius 2 is 1.85 bits per heavy atom. The second-order valence-electron chi connectivity index (χ2n) is 5.21. The highest BCUT2D eigenvalue weighted by Crippen LogP contribution is 2.30. The van der Waals surface area contributed by atoms with Gasteiger partial charge in [-0.15, -0.1) is 0 Å². The molecule has 0 radical (unpaired) electrons. The quantitative estimate of drug-likeness (QED) is 0.628. The van der Waals surface area contributed by atoms with Crippen LogP contribution in [0.3, 0.4) is 0 Å². The first-order valence-corrected chi connectivity index (χ1v) is 6.59. The molecule has 1 aliphatic carbocycles. The van der Waals surface area contributed by atoms with Gasteiger partial charge in [-0.25, -0.2) is 4.79 Å². The zero-order valence-electron chi connectivity index (χ0n) is 11.1. The van der Waals surface area contributed by atoms with Gasteiger partial charge >= 0.3 is 5.97 Å². The first kappa shape index (κ1) is 14.3. The molecule has 108 valence electrons. The summed E-state index contributed by atoms with van der Waals surface area (Å²) in [4.78, 5) is 23.1. The number of rotatable bonds is 3. The van der Waals surface area contributed by atoms with Crippen LogP contribution < -0.4 is 11.1 Å². The van der Waals surface area contributed by atoms with Crippen LogP contribution in [0.15, 0.2) is 18.2 Å². The second-order valence-corrected chi connectivity index (χ2v) is 5.21. The Labute approximate surface area is 116 Å². The number of hydrogen-bond donors (Lipinski definition) is 4. The summed E-state index contributed by atoms with van der Waals surface area (Å²) in [5, 5.41) is 21.2. The standard InChI is InChI=1S/C14H18N2O4/c15-14(6-2-1-3-7-14)13(20)16-10-8-9(12(18)19)4-5-11(10)17/h4-5,8,17H,1-3,6-7,15H2,(H,16,20)(H,18,19). The molecule has 0 atom stereocenters. The number of nitrogens with one attached hydrogen (secondary N) is 1. The summed E-state index contributed by atoms with van der Waals surface area (Å²) in [5.41, 5.74) is 5.22. The minimum atomic E-state index is -1.12. The predicted molar refractivity (Wildman–Crippen MR) is 73.7 cm³/mol. The number of phenols is 1. The molecule has 1 amide bonds. The van der Waals surface area contributed by atoms with Crippen LogP contribution in [-0.4, -0.2) is 27.6 Å². The van der Waals surface area contributed by atoms with Crippen molar-refractivity contribution < 1.29 is 19.8 Å². The minimum absolute atomic E-state index is 0.00665. The van der Waals surface area contributed by atoms with Crippen molar-refractivity contribution in [3.8, 4) is 5.75 Å². The maximum absolute atomic E-state index is 12.2. The summed E-state index contributed by atoms with van der Waals surface area (Å²) >= 11 is 0. The van der Waals surface area contributed by atoms with E-state index < -0.39 is 11.5 Å². The van der Waals surface area contributed by atoms with Gasteiger partial charge in [-0.2, -0.15) is 0 Å². The van der Waals surface area contributed by atoms with Crippen LogP contribution >= 0.6 is 0 Å². The van der Waals surface area contributed by atoms with Gasteiger partial charge < -0.3 is 21.3 Å². The maximum Gasteiger partial charge on any atom is 0.335 e. The molecule has 1 saturated carbocycles. The van der Waals surface area contributed by atoms with Crippen molar-refractivity contribution in [2.24, 2.45) is 5.73 Å². The minimum Gasteiger partial charge on any atom is -0.506 e. The average Bonchev–Trinajstić information content (AvgIpc) is 2.41. The van der Waals surface area contributed by atoms with Gasteiger partial charge in [0.15, 0.2) is 0 Å². The molecule has 1 fully saturated rings. The van der Waals surface area contributed by atoms with Crippen LogP contribution in [0.5, 0.6) is 5.75 Å². The van der Waals surface area contributed by atoms with E-state index in [1.165, 1.54) is 18.2 Å². The molecule has 1 aromatic carbocycles. The van der Waals surface area contributed by atoms with Crippen molar-refractivity contribution in [1.82, 2.24) is 0 Å². The number of carboxylic acid groups (broad SMARTS) is 1. The lowest BCUT2D eigenvalue weighted by molar-refractivity contribution is -0.122. The number of hydrogen-bond acceptors (Lipinski definition) is 4. The number of anilines is 1. The highest BCUT2D eigenvalue weighted by molar-refractivity contribution is 6.00. The molecule has 5 N–H and O–H groups in total. The maximum atomic E-state index is 12.2. The van der Waals surface area contributed by atoms with E-state index in [1.807, 2.05) is 0 Å². The molecule has 0 aliphatic heterocycles. The van der Waals surface area contributed by atoms with Crippen molar-refractivity contribution in [2.45, 2.75) is 37.6 Å². The summed E-state index contributed by atoms with van der Waals surface area (Å²) in [7, 11) is 0. The third-order valence-electron chi connectivity index (χ3n) is 3.69. The van der Waals surface area contributed by atoms with Crippen LogP contribution in [-0.2, 0) is 4.79 Å². The van der Waals surface area contributed by atoms with Crippen molar-refractivity contribution in [3.05, 3.63) is 23.8 Å². The molecule has 0 saturated heterocycles. The first-order valence-electron chi connectivity index (χ1n) is 6.59. The van der Waals surface area contributed by atoms with Gasteiger partial charge in [-0.3, -0.25) is 4.79 Å². The van der Waals surface area contributed by atoms with Gasteiger partial charge in [0.1, 0.15) is 5.75 Å². The second kappa shape index (κ2) is 5.50. The summed E-state index contributed by atoms with van der Waals surface area (Å²) < 4.78 is 0. The van der Waals surface area contributed by atoms with Crippen molar-refractivity contribution in [3.63, 3.8) is 0 Å².